The minimum Gasteiger partial charge on any atom is -0.379 e. The van der Waals surface area contributed by atoms with E-state index in [4.69, 9.17) is 14.2 Å². The molecule has 112 valence electrons. The molecule has 0 spiro atoms. The van der Waals surface area contributed by atoms with Gasteiger partial charge in [0.1, 0.15) is 0 Å². The SMILES string of the molecule is C1=C[C@@H]2C[C@H]1C=C2CCCOCCOC1CCCCO1. The van der Waals surface area contributed by atoms with Gasteiger partial charge in [0.25, 0.3) is 0 Å². The Morgan fingerprint density at radius 3 is 2.90 bits per heavy atom. The van der Waals surface area contributed by atoms with E-state index in [2.05, 4.69) is 18.2 Å². The van der Waals surface area contributed by atoms with Crippen LogP contribution in [0.3, 0.4) is 0 Å². The van der Waals surface area contributed by atoms with E-state index in [0.717, 1.165) is 37.9 Å². The number of rotatable bonds is 8. The van der Waals surface area contributed by atoms with Gasteiger partial charge in [0.2, 0.25) is 0 Å². The molecule has 1 heterocycles. The zero-order valence-corrected chi connectivity index (χ0v) is 12.3. The van der Waals surface area contributed by atoms with Gasteiger partial charge in [-0.25, -0.2) is 0 Å². The average Bonchev–Trinajstić information content (AvgIpc) is 3.10. The molecule has 0 saturated carbocycles. The van der Waals surface area contributed by atoms with Crippen molar-refractivity contribution in [2.75, 3.05) is 26.4 Å². The molecule has 20 heavy (non-hydrogen) atoms. The van der Waals surface area contributed by atoms with Crippen LogP contribution in [0.2, 0.25) is 0 Å². The first-order valence-corrected chi connectivity index (χ1v) is 8.12. The van der Waals surface area contributed by atoms with Gasteiger partial charge in [-0.2, -0.15) is 0 Å². The second-order valence-corrected chi connectivity index (χ2v) is 6.02. The summed E-state index contributed by atoms with van der Waals surface area (Å²) in [6.45, 7) is 3.02. The Labute approximate surface area is 122 Å². The quantitative estimate of drug-likeness (QED) is 0.503. The molecule has 1 unspecified atom stereocenters. The van der Waals surface area contributed by atoms with Crippen LogP contribution < -0.4 is 0 Å². The summed E-state index contributed by atoms with van der Waals surface area (Å²) in [6.07, 6.45) is 14.2. The van der Waals surface area contributed by atoms with Gasteiger partial charge in [0, 0.05) is 13.2 Å². The first-order valence-electron chi connectivity index (χ1n) is 8.12. The van der Waals surface area contributed by atoms with Gasteiger partial charge in [-0.1, -0.05) is 23.8 Å². The van der Waals surface area contributed by atoms with E-state index in [1.807, 2.05) is 0 Å². The van der Waals surface area contributed by atoms with Crippen molar-refractivity contribution in [1.29, 1.82) is 0 Å². The number of hydrogen-bond donors (Lipinski definition) is 0. The molecule has 0 aromatic carbocycles. The third-order valence-electron chi connectivity index (χ3n) is 4.44. The van der Waals surface area contributed by atoms with Crippen molar-refractivity contribution in [2.45, 2.75) is 44.8 Å². The minimum atomic E-state index is 0.0123. The van der Waals surface area contributed by atoms with Gasteiger partial charge in [-0.05, 0) is 50.4 Å². The van der Waals surface area contributed by atoms with Crippen LogP contribution in [0, 0.1) is 11.8 Å². The Bertz CT molecular complexity index is 355. The van der Waals surface area contributed by atoms with Gasteiger partial charge in [-0.3, -0.25) is 0 Å². The molecule has 0 N–H and O–H groups in total. The number of hydrogen-bond acceptors (Lipinski definition) is 3. The highest BCUT2D eigenvalue weighted by Crippen LogP contribution is 2.39. The molecule has 3 nitrogen and oxygen atoms in total. The molecule has 1 fully saturated rings. The Morgan fingerprint density at radius 2 is 2.15 bits per heavy atom. The molecule has 3 heteroatoms. The maximum absolute atomic E-state index is 5.64. The predicted molar refractivity (Wildman–Crippen MR) is 78.4 cm³/mol. The minimum absolute atomic E-state index is 0.0123. The highest BCUT2D eigenvalue weighted by atomic mass is 16.7. The Balaban J connectivity index is 1.17. The molecular formula is C17H26O3. The number of fused-ring (bicyclic) bond motifs is 2. The first kappa shape index (κ1) is 14.3. The molecule has 2 bridgehead atoms. The van der Waals surface area contributed by atoms with Crippen LogP contribution in [-0.4, -0.2) is 32.7 Å². The highest BCUT2D eigenvalue weighted by Gasteiger charge is 2.27. The normalized spacial score (nSPS) is 31.8. The Kier molecular flexibility index (Phi) is 5.29. The van der Waals surface area contributed by atoms with E-state index in [-0.39, 0.29) is 6.29 Å². The fourth-order valence-electron chi connectivity index (χ4n) is 3.35. The van der Waals surface area contributed by atoms with Gasteiger partial charge in [-0.15, -0.1) is 0 Å². The fraction of sp³-hybridized carbons (Fsp3) is 0.765. The summed E-state index contributed by atoms with van der Waals surface area (Å²) in [6, 6.07) is 0. The topological polar surface area (TPSA) is 27.7 Å². The Morgan fingerprint density at radius 1 is 1.15 bits per heavy atom. The maximum Gasteiger partial charge on any atom is 0.157 e. The molecular weight excluding hydrogens is 252 g/mol. The van der Waals surface area contributed by atoms with Gasteiger partial charge >= 0.3 is 0 Å². The van der Waals surface area contributed by atoms with Crippen LogP contribution in [0.15, 0.2) is 23.8 Å². The zero-order chi connectivity index (χ0) is 13.6. The molecule has 3 atom stereocenters. The first-order chi connectivity index (χ1) is 9.92. The highest BCUT2D eigenvalue weighted by molar-refractivity contribution is 5.29. The molecule has 3 rings (SSSR count). The molecule has 0 aromatic rings. The lowest BCUT2D eigenvalue weighted by Gasteiger charge is -2.22. The summed E-state index contributed by atoms with van der Waals surface area (Å²) in [5.74, 6) is 1.48. The summed E-state index contributed by atoms with van der Waals surface area (Å²) in [5.41, 5.74) is 1.63. The van der Waals surface area contributed by atoms with Gasteiger partial charge in [0.05, 0.1) is 13.2 Å². The van der Waals surface area contributed by atoms with E-state index in [1.54, 1.807) is 5.57 Å². The monoisotopic (exact) mass is 278 g/mol. The summed E-state index contributed by atoms with van der Waals surface area (Å²) >= 11 is 0. The average molecular weight is 278 g/mol. The van der Waals surface area contributed by atoms with Crippen molar-refractivity contribution in [2.24, 2.45) is 11.8 Å². The van der Waals surface area contributed by atoms with Gasteiger partial charge in [0.15, 0.2) is 6.29 Å². The van der Waals surface area contributed by atoms with Crippen molar-refractivity contribution in [3.05, 3.63) is 23.8 Å². The van der Waals surface area contributed by atoms with Crippen molar-refractivity contribution in [3.63, 3.8) is 0 Å². The standard InChI is InChI=1S/C17H26O3/c1-2-9-19-17(5-1)20-11-10-18-8-3-4-15-12-14-6-7-16(15)13-14/h6-7,12,14,16-17H,1-5,8-11,13H2/t14-,16-,17?/m1/s1. The third kappa shape index (κ3) is 3.94. The van der Waals surface area contributed by atoms with Crippen molar-refractivity contribution < 1.29 is 14.2 Å². The van der Waals surface area contributed by atoms with E-state index in [1.165, 1.54) is 25.7 Å². The fourth-order valence-corrected chi connectivity index (χ4v) is 3.35. The summed E-state index contributed by atoms with van der Waals surface area (Å²) in [4.78, 5) is 0. The molecule has 3 aliphatic rings. The van der Waals surface area contributed by atoms with Crippen LogP contribution in [0.4, 0.5) is 0 Å². The van der Waals surface area contributed by atoms with Gasteiger partial charge < -0.3 is 14.2 Å². The van der Waals surface area contributed by atoms with Crippen LogP contribution >= 0.6 is 0 Å². The third-order valence-corrected chi connectivity index (χ3v) is 4.44. The largest absolute Gasteiger partial charge is 0.379 e. The number of allylic oxidation sites excluding steroid dienone is 4. The molecule has 2 aliphatic carbocycles. The molecule has 0 aromatic heterocycles. The maximum atomic E-state index is 5.64. The van der Waals surface area contributed by atoms with Crippen molar-refractivity contribution in [3.8, 4) is 0 Å². The molecule has 1 aliphatic heterocycles. The lowest BCUT2D eigenvalue weighted by Crippen LogP contribution is -2.24. The summed E-state index contributed by atoms with van der Waals surface area (Å²) in [7, 11) is 0. The second kappa shape index (κ2) is 7.39. The molecule has 0 amide bonds. The predicted octanol–water partition coefficient (Wildman–Crippen LogP) is 3.46. The summed E-state index contributed by atoms with van der Waals surface area (Å²) < 4.78 is 16.8. The smallest absolute Gasteiger partial charge is 0.157 e. The van der Waals surface area contributed by atoms with Crippen molar-refractivity contribution >= 4 is 0 Å². The van der Waals surface area contributed by atoms with Crippen molar-refractivity contribution in [1.82, 2.24) is 0 Å². The molecule has 0 radical (unpaired) electrons. The Hall–Kier alpha value is -0.640. The van der Waals surface area contributed by atoms with Crippen LogP contribution in [0.25, 0.3) is 0 Å². The lowest BCUT2D eigenvalue weighted by molar-refractivity contribution is -0.169. The van der Waals surface area contributed by atoms with Crippen LogP contribution in [-0.2, 0) is 14.2 Å². The second-order valence-electron chi connectivity index (χ2n) is 6.02. The summed E-state index contributed by atoms with van der Waals surface area (Å²) in [5, 5.41) is 0. The zero-order valence-electron chi connectivity index (χ0n) is 12.3. The lowest BCUT2D eigenvalue weighted by atomic mass is 9.99. The van der Waals surface area contributed by atoms with E-state index < -0.39 is 0 Å². The molecule has 1 saturated heterocycles. The van der Waals surface area contributed by atoms with E-state index >= 15 is 0 Å². The number of ether oxygens (including phenoxy) is 3. The van der Waals surface area contributed by atoms with Crippen LogP contribution in [0.5, 0.6) is 0 Å². The van der Waals surface area contributed by atoms with E-state index in [0.29, 0.717) is 13.2 Å². The van der Waals surface area contributed by atoms with E-state index in [9.17, 15) is 0 Å². The van der Waals surface area contributed by atoms with Crippen LogP contribution in [0.1, 0.15) is 38.5 Å².